The third-order valence-corrected chi connectivity index (χ3v) is 5.19. The van der Waals surface area contributed by atoms with E-state index >= 15 is 0 Å². The second-order valence-corrected chi connectivity index (χ2v) is 8.71. The van der Waals surface area contributed by atoms with E-state index in [1.54, 1.807) is 24.3 Å². The van der Waals surface area contributed by atoms with Gasteiger partial charge in [-0.3, -0.25) is 9.32 Å². The summed E-state index contributed by atoms with van der Waals surface area (Å²) in [7, 11) is -2.54. The summed E-state index contributed by atoms with van der Waals surface area (Å²) in [6.07, 6.45) is 0. The molecule has 0 aliphatic carbocycles. The molecule has 1 N–H and O–H groups in total. The van der Waals surface area contributed by atoms with Crippen molar-refractivity contribution in [1.82, 2.24) is 0 Å². The van der Waals surface area contributed by atoms with Gasteiger partial charge in [0.1, 0.15) is 5.75 Å². The van der Waals surface area contributed by atoms with E-state index in [0.717, 1.165) is 5.69 Å². The Bertz CT molecular complexity index is 495. The van der Waals surface area contributed by atoms with Gasteiger partial charge in [-0.15, -0.1) is 0 Å². The van der Waals surface area contributed by atoms with E-state index in [0.29, 0.717) is 5.75 Å². The highest BCUT2D eigenvalue weighted by Crippen LogP contribution is 2.51. The number of anilines is 1. The smallest absolute Gasteiger partial charge is 0.419 e. The highest BCUT2D eigenvalue weighted by atomic mass is 127. The number of hydrogen-bond donors (Lipinski definition) is 1. The van der Waals surface area contributed by atoms with Crippen LogP contribution < -0.4 is 9.84 Å². The van der Waals surface area contributed by atoms with Crippen LogP contribution in [0.25, 0.3) is 0 Å². The molecule has 0 aliphatic heterocycles. The van der Waals surface area contributed by atoms with Crippen LogP contribution in [-0.2, 0) is 9.09 Å². The lowest BCUT2D eigenvalue weighted by Crippen LogP contribution is -2.25. The van der Waals surface area contributed by atoms with Gasteiger partial charge in [0.15, 0.2) is 0 Å². The van der Waals surface area contributed by atoms with Gasteiger partial charge in [-0.25, -0.2) is 4.57 Å². The summed E-state index contributed by atoms with van der Waals surface area (Å²) < 4.78 is 21.1. The standard InChI is InChI=1S/C12H17INO4P/c1-12(2,3)14-9-5-7-10(8-6-9)18-19(16,17-4)11(13)15/h5-8,14H,1-4H3. The normalized spacial score (nSPS) is 14.6. The van der Waals surface area contributed by atoms with Crippen LogP contribution in [0, 0.1) is 0 Å². The Kier molecular flexibility index (Phi) is 5.41. The Labute approximate surface area is 126 Å². The van der Waals surface area contributed by atoms with Gasteiger partial charge in [-0.1, -0.05) is 0 Å². The van der Waals surface area contributed by atoms with E-state index in [9.17, 15) is 9.36 Å². The third kappa shape index (κ3) is 5.12. The third-order valence-electron chi connectivity index (χ3n) is 2.05. The summed E-state index contributed by atoms with van der Waals surface area (Å²) in [5, 5.41) is 3.28. The Morgan fingerprint density at radius 3 is 2.16 bits per heavy atom. The van der Waals surface area contributed by atoms with Crippen molar-refractivity contribution >= 4 is 39.4 Å². The average Bonchev–Trinajstić information content (AvgIpc) is 2.29. The summed E-state index contributed by atoms with van der Waals surface area (Å²) >= 11 is 1.41. The lowest BCUT2D eigenvalue weighted by Gasteiger charge is -2.22. The Morgan fingerprint density at radius 2 is 1.79 bits per heavy atom. The molecule has 106 valence electrons. The SMILES string of the molecule is COP(=O)(Oc1ccc(NC(C)(C)C)cc1)C(=O)I. The van der Waals surface area contributed by atoms with Crippen LogP contribution >= 0.6 is 30.2 Å². The fourth-order valence-electron chi connectivity index (χ4n) is 1.32. The highest BCUT2D eigenvalue weighted by Gasteiger charge is 2.33. The zero-order valence-corrected chi connectivity index (χ0v) is 14.3. The molecular formula is C12H17INO4P. The van der Waals surface area contributed by atoms with E-state index in [4.69, 9.17) is 4.52 Å². The van der Waals surface area contributed by atoms with E-state index in [1.807, 2.05) is 20.8 Å². The first-order chi connectivity index (χ1) is 8.66. The van der Waals surface area contributed by atoms with Gasteiger partial charge in [0.2, 0.25) is 0 Å². The van der Waals surface area contributed by atoms with Crippen LogP contribution in [0.4, 0.5) is 10.5 Å². The van der Waals surface area contributed by atoms with Crippen LogP contribution in [0.1, 0.15) is 20.8 Å². The second-order valence-electron chi connectivity index (χ2n) is 4.92. The molecule has 0 saturated heterocycles. The van der Waals surface area contributed by atoms with Gasteiger partial charge in [0, 0.05) is 40.9 Å². The number of carbonyl (C=O) groups excluding carboxylic acids is 1. The molecule has 1 unspecified atom stereocenters. The molecule has 7 heteroatoms. The van der Waals surface area contributed by atoms with Crippen molar-refractivity contribution in [2.45, 2.75) is 26.3 Å². The topological polar surface area (TPSA) is 64.6 Å². The number of nitrogens with one attached hydrogen (secondary N) is 1. The zero-order chi connectivity index (χ0) is 14.7. The Balaban J connectivity index is 2.83. The van der Waals surface area contributed by atoms with Gasteiger partial charge in [-0.05, 0) is 45.0 Å². The second kappa shape index (κ2) is 6.24. The number of carbonyl (C=O) groups is 1. The first kappa shape index (κ1) is 16.5. The molecule has 0 saturated carbocycles. The van der Waals surface area contributed by atoms with Crippen molar-refractivity contribution in [2.75, 3.05) is 12.4 Å². The van der Waals surface area contributed by atoms with Crippen molar-refractivity contribution in [3.63, 3.8) is 0 Å². The monoisotopic (exact) mass is 397 g/mol. The average molecular weight is 397 g/mol. The summed E-state index contributed by atoms with van der Waals surface area (Å²) in [5.74, 6) is 0.328. The number of benzene rings is 1. The largest absolute Gasteiger partial charge is 0.456 e. The minimum atomic E-state index is -3.72. The molecule has 0 radical (unpaired) electrons. The van der Waals surface area contributed by atoms with Crippen LogP contribution in [0.2, 0.25) is 0 Å². The number of hydrogen-bond acceptors (Lipinski definition) is 5. The molecule has 0 spiro atoms. The molecule has 1 rings (SSSR count). The van der Waals surface area contributed by atoms with Crippen LogP contribution in [-0.4, -0.2) is 16.2 Å². The van der Waals surface area contributed by atoms with Crippen molar-refractivity contribution in [1.29, 1.82) is 0 Å². The quantitative estimate of drug-likeness (QED) is 0.445. The van der Waals surface area contributed by atoms with Crippen molar-refractivity contribution in [2.24, 2.45) is 0 Å². The first-order valence-electron chi connectivity index (χ1n) is 5.60. The summed E-state index contributed by atoms with van der Waals surface area (Å²) in [5.41, 5.74) is 0.857. The zero-order valence-electron chi connectivity index (χ0n) is 11.3. The molecule has 0 bridgehead atoms. The maximum Gasteiger partial charge on any atom is 0.456 e. The molecule has 5 nitrogen and oxygen atoms in total. The molecule has 1 aromatic carbocycles. The maximum absolute atomic E-state index is 11.9. The van der Waals surface area contributed by atoms with Gasteiger partial charge in [-0.2, -0.15) is 0 Å². The van der Waals surface area contributed by atoms with Crippen molar-refractivity contribution in [3.8, 4) is 5.75 Å². The molecule has 19 heavy (non-hydrogen) atoms. The predicted octanol–water partition coefficient (Wildman–Crippen LogP) is 4.67. The molecule has 1 aromatic rings. The van der Waals surface area contributed by atoms with Gasteiger partial charge in [0.25, 0.3) is 0 Å². The van der Waals surface area contributed by atoms with Crippen LogP contribution in [0.5, 0.6) is 5.75 Å². The van der Waals surface area contributed by atoms with Gasteiger partial charge >= 0.3 is 11.1 Å². The Morgan fingerprint density at radius 1 is 1.26 bits per heavy atom. The molecule has 1 atom stereocenters. The predicted molar refractivity (Wildman–Crippen MR) is 84.5 cm³/mol. The molecule has 0 heterocycles. The fourth-order valence-corrected chi connectivity index (χ4v) is 2.89. The van der Waals surface area contributed by atoms with Crippen molar-refractivity contribution < 1.29 is 18.4 Å². The first-order valence-corrected chi connectivity index (χ1v) is 8.22. The van der Waals surface area contributed by atoms with E-state index in [-0.39, 0.29) is 5.54 Å². The number of halogens is 1. The lowest BCUT2D eigenvalue weighted by atomic mass is 10.1. The summed E-state index contributed by atoms with van der Waals surface area (Å²) in [6.45, 7) is 6.14. The molecule has 0 aromatic heterocycles. The highest BCUT2D eigenvalue weighted by molar-refractivity contribution is 14.1. The van der Waals surface area contributed by atoms with Gasteiger partial charge in [0.05, 0.1) is 0 Å². The molecular weight excluding hydrogens is 380 g/mol. The van der Waals surface area contributed by atoms with E-state index in [1.165, 1.54) is 29.7 Å². The minimum Gasteiger partial charge on any atom is -0.419 e. The molecule has 0 aliphatic rings. The fraction of sp³-hybridized carbons (Fsp3) is 0.417. The van der Waals surface area contributed by atoms with E-state index in [2.05, 4.69) is 9.84 Å². The van der Waals surface area contributed by atoms with Gasteiger partial charge < -0.3 is 9.84 Å². The van der Waals surface area contributed by atoms with E-state index < -0.39 is 11.1 Å². The van der Waals surface area contributed by atoms with Crippen LogP contribution in [0.15, 0.2) is 24.3 Å². The maximum atomic E-state index is 11.9. The molecule has 0 amide bonds. The Hall–Kier alpha value is -0.590. The lowest BCUT2D eigenvalue weighted by molar-refractivity contribution is 0.263. The minimum absolute atomic E-state index is 0.0532. The van der Waals surface area contributed by atoms with Crippen molar-refractivity contribution in [3.05, 3.63) is 24.3 Å². The van der Waals surface area contributed by atoms with Crippen LogP contribution in [0.3, 0.4) is 0 Å². The molecule has 0 fully saturated rings. The number of rotatable bonds is 5. The summed E-state index contributed by atoms with van der Waals surface area (Å²) in [6, 6.07) is 6.86. The summed E-state index contributed by atoms with van der Waals surface area (Å²) in [4.78, 5) is 11.2.